The molecular weight excluding hydrogens is 397 g/mol. The van der Waals surface area contributed by atoms with Crippen LogP contribution in [0.2, 0.25) is 0 Å². The number of fused-ring (bicyclic) bond motifs is 1. The number of carbonyl (C=O) groups excluding carboxylic acids is 2. The molecule has 5 nitrogen and oxygen atoms in total. The average molecular weight is 420 g/mol. The van der Waals surface area contributed by atoms with E-state index in [0.717, 1.165) is 17.5 Å². The van der Waals surface area contributed by atoms with Crippen molar-refractivity contribution in [1.82, 2.24) is 9.80 Å². The van der Waals surface area contributed by atoms with Crippen molar-refractivity contribution in [3.8, 4) is 5.75 Å². The molecule has 0 bridgehead atoms. The van der Waals surface area contributed by atoms with Gasteiger partial charge in [0.1, 0.15) is 5.75 Å². The van der Waals surface area contributed by atoms with Crippen LogP contribution in [0.15, 0.2) is 48.5 Å². The second-order valence-electron chi connectivity index (χ2n) is 7.29. The van der Waals surface area contributed by atoms with Gasteiger partial charge in [0.25, 0.3) is 0 Å². The zero-order valence-corrected chi connectivity index (χ0v) is 16.8. The molecule has 0 aromatic heterocycles. The van der Waals surface area contributed by atoms with E-state index in [1.54, 1.807) is 11.0 Å². The molecule has 1 aliphatic heterocycles. The molecule has 1 unspecified atom stereocenters. The van der Waals surface area contributed by atoms with E-state index in [9.17, 15) is 22.8 Å². The van der Waals surface area contributed by atoms with Crippen LogP contribution >= 0.6 is 0 Å². The van der Waals surface area contributed by atoms with Crippen molar-refractivity contribution in [3.63, 3.8) is 0 Å². The third-order valence-corrected chi connectivity index (χ3v) is 5.22. The van der Waals surface area contributed by atoms with Crippen LogP contribution in [0.4, 0.5) is 13.2 Å². The number of ether oxygens (including phenoxy) is 1. The smallest absolute Gasteiger partial charge is 0.405 e. The topological polar surface area (TPSA) is 49.9 Å². The summed E-state index contributed by atoms with van der Waals surface area (Å²) in [5.41, 5.74) is 2.28. The largest absolute Gasteiger partial charge is 0.573 e. The highest BCUT2D eigenvalue weighted by Crippen LogP contribution is 2.33. The quantitative estimate of drug-likeness (QED) is 0.733. The summed E-state index contributed by atoms with van der Waals surface area (Å²) in [5.74, 6) is -0.725. The Bertz CT molecular complexity index is 930. The van der Waals surface area contributed by atoms with Crippen molar-refractivity contribution in [3.05, 3.63) is 65.2 Å². The Morgan fingerprint density at radius 3 is 2.50 bits per heavy atom. The second kappa shape index (κ2) is 8.77. The maximum Gasteiger partial charge on any atom is 0.573 e. The monoisotopic (exact) mass is 420 g/mol. The number of halogens is 3. The molecule has 0 saturated heterocycles. The van der Waals surface area contributed by atoms with Crippen molar-refractivity contribution in [2.75, 3.05) is 13.6 Å². The lowest BCUT2D eigenvalue weighted by Gasteiger charge is -2.37. The average Bonchev–Trinajstić information content (AvgIpc) is 2.68. The van der Waals surface area contributed by atoms with Crippen LogP contribution in [0.25, 0.3) is 0 Å². The zero-order chi connectivity index (χ0) is 21.9. The van der Waals surface area contributed by atoms with Gasteiger partial charge in [-0.2, -0.15) is 0 Å². The Morgan fingerprint density at radius 2 is 1.80 bits per heavy atom. The number of carbonyl (C=O) groups is 2. The predicted molar refractivity (Wildman–Crippen MR) is 104 cm³/mol. The van der Waals surface area contributed by atoms with Gasteiger partial charge >= 0.3 is 6.36 Å². The van der Waals surface area contributed by atoms with Gasteiger partial charge in [0, 0.05) is 32.6 Å². The lowest BCUT2D eigenvalue weighted by Crippen LogP contribution is -2.41. The Hall–Kier alpha value is -3.03. The van der Waals surface area contributed by atoms with E-state index in [1.165, 1.54) is 37.1 Å². The number of alkyl halides is 3. The summed E-state index contributed by atoms with van der Waals surface area (Å²) >= 11 is 0. The van der Waals surface area contributed by atoms with Crippen molar-refractivity contribution < 1.29 is 27.5 Å². The number of amides is 2. The molecule has 0 fully saturated rings. The third-order valence-electron chi connectivity index (χ3n) is 5.22. The summed E-state index contributed by atoms with van der Waals surface area (Å²) in [5, 5.41) is 0. The van der Waals surface area contributed by atoms with Gasteiger partial charge in [-0.25, -0.2) is 0 Å². The predicted octanol–water partition coefficient (Wildman–Crippen LogP) is 4.08. The normalized spacial score (nSPS) is 16.0. The summed E-state index contributed by atoms with van der Waals surface area (Å²) in [6.45, 7) is 1.95. The fraction of sp³-hybridized carbons (Fsp3) is 0.364. The minimum atomic E-state index is -4.81. The molecule has 160 valence electrons. The van der Waals surface area contributed by atoms with E-state index >= 15 is 0 Å². The number of nitrogens with zero attached hydrogens (tertiary/aromatic N) is 2. The van der Waals surface area contributed by atoms with Crippen LogP contribution in [0.3, 0.4) is 0 Å². The van der Waals surface area contributed by atoms with Gasteiger partial charge in [0.05, 0.1) is 12.5 Å². The number of benzene rings is 2. The van der Waals surface area contributed by atoms with Gasteiger partial charge in [0.2, 0.25) is 11.8 Å². The number of para-hydroxylation sites is 1. The van der Waals surface area contributed by atoms with Gasteiger partial charge in [-0.3, -0.25) is 9.59 Å². The number of hydrogen-bond donors (Lipinski definition) is 0. The lowest BCUT2D eigenvalue weighted by molar-refractivity contribution is -0.275. The fourth-order valence-electron chi connectivity index (χ4n) is 3.77. The van der Waals surface area contributed by atoms with E-state index in [-0.39, 0.29) is 36.1 Å². The van der Waals surface area contributed by atoms with Crippen LogP contribution in [0.1, 0.15) is 36.1 Å². The maximum atomic E-state index is 12.9. The van der Waals surface area contributed by atoms with E-state index < -0.39 is 12.4 Å². The van der Waals surface area contributed by atoms with Crippen molar-refractivity contribution in [2.45, 2.75) is 38.7 Å². The minimum Gasteiger partial charge on any atom is -0.405 e. The third kappa shape index (κ3) is 5.11. The van der Waals surface area contributed by atoms with Crippen LogP contribution < -0.4 is 4.74 Å². The van der Waals surface area contributed by atoms with Gasteiger partial charge in [-0.15, -0.1) is 13.2 Å². The molecule has 30 heavy (non-hydrogen) atoms. The van der Waals surface area contributed by atoms with Crippen molar-refractivity contribution >= 4 is 11.8 Å². The molecule has 2 amide bonds. The summed E-state index contributed by atoms with van der Waals surface area (Å²) in [6, 6.07) is 13.0. The van der Waals surface area contributed by atoms with E-state index in [4.69, 9.17) is 0 Å². The van der Waals surface area contributed by atoms with Gasteiger partial charge < -0.3 is 14.5 Å². The maximum absolute atomic E-state index is 12.9. The van der Waals surface area contributed by atoms with Crippen LogP contribution in [0, 0.1) is 0 Å². The molecule has 0 spiro atoms. The standard InChI is InChI=1S/C22H23F3N2O3/c1-15(28)27-12-11-16-7-3-5-9-18(16)19(27)13-21(29)26(2)14-17-8-4-6-10-20(17)30-22(23,24)25/h3-10,19H,11-14H2,1-2H3. The van der Waals surface area contributed by atoms with Crippen molar-refractivity contribution in [1.29, 1.82) is 0 Å². The first-order chi connectivity index (χ1) is 14.2. The van der Waals surface area contributed by atoms with Crippen LogP contribution in [0.5, 0.6) is 5.75 Å². The van der Waals surface area contributed by atoms with Gasteiger partial charge in [-0.1, -0.05) is 42.5 Å². The minimum absolute atomic E-state index is 0.0421. The van der Waals surface area contributed by atoms with Crippen LogP contribution in [-0.2, 0) is 22.6 Å². The lowest BCUT2D eigenvalue weighted by atomic mass is 9.90. The molecule has 3 rings (SSSR count). The molecule has 0 saturated carbocycles. The summed E-state index contributed by atoms with van der Waals surface area (Å²) in [4.78, 5) is 28.1. The molecular formula is C22H23F3N2O3. The van der Waals surface area contributed by atoms with E-state index in [0.29, 0.717) is 6.54 Å². The van der Waals surface area contributed by atoms with E-state index in [2.05, 4.69) is 4.74 Å². The molecule has 0 radical (unpaired) electrons. The highest BCUT2D eigenvalue weighted by atomic mass is 19.4. The Balaban J connectivity index is 1.77. The first-order valence-electron chi connectivity index (χ1n) is 9.58. The summed E-state index contributed by atoms with van der Waals surface area (Å²) < 4.78 is 42.0. The Morgan fingerprint density at radius 1 is 1.13 bits per heavy atom. The Kier molecular flexibility index (Phi) is 6.34. The molecule has 2 aromatic rings. The SMILES string of the molecule is CC(=O)N1CCc2ccccc2C1CC(=O)N(C)Cc1ccccc1OC(F)(F)F. The summed E-state index contributed by atoms with van der Waals surface area (Å²) in [6.07, 6.45) is -4.04. The zero-order valence-electron chi connectivity index (χ0n) is 16.8. The second-order valence-corrected chi connectivity index (χ2v) is 7.29. The first-order valence-corrected chi connectivity index (χ1v) is 9.58. The number of rotatable bonds is 5. The molecule has 1 aliphatic rings. The molecule has 8 heteroatoms. The molecule has 2 aromatic carbocycles. The highest BCUT2D eigenvalue weighted by Gasteiger charge is 2.33. The van der Waals surface area contributed by atoms with Gasteiger partial charge in [-0.05, 0) is 23.6 Å². The Labute approximate surface area is 173 Å². The summed E-state index contributed by atoms with van der Waals surface area (Å²) in [7, 11) is 1.53. The first kappa shape index (κ1) is 21.7. The number of hydrogen-bond acceptors (Lipinski definition) is 3. The molecule has 1 heterocycles. The van der Waals surface area contributed by atoms with Crippen molar-refractivity contribution in [2.24, 2.45) is 0 Å². The molecule has 1 atom stereocenters. The van der Waals surface area contributed by atoms with Crippen LogP contribution in [-0.4, -0.2) is 41.6 Å². The van der Waals surface area contributed by atoms with Gasteiger partial charge in [0.15, 0.2) is 0 Å². The highest BCUT2D eigenvalue weighted by molar-refractivity contribution is 5.79. The van der Waals surface area contributed by atoms with E-state index in [1.807, 2.05) is 24.3 Å². The molecule has 0 aliphatic carbocycles. The molecule has 0 N–H and O–H groups in total. The fourth-order valence-corrected chi connectivity index (χ4v) is 3.77.